The van der Waals surface area contributed by atoms with Crippen molar-refractivity contribution in [2.75, 3.05) is 0 Å². The molecule has 0 saturated carbocycles. The van der Waals surface area contributed by atoms with Gasteiger partial charge in [0.2, 0.25) is 0 Å². The minimum absolute atomic E-state index is 0.111. The van der Waals surface area contributed by atoms with E-state index in [-0.39, 0.29) is 5.76 Å². The quantitative estimate of drug-likeness (QED) is 0.580. The SMILES string of the molecule is O/C=C(\O)c1ccccc1. The van der Waals surface area contributed by atoms with Crippen LogP contribution in [-0.2, 0) is 0 Å². The van der Waals surface area contributed by atoms with E-state index in [2.05, 4.69) is 0 Å². The van der Waals surface area contributed by atoms with Gasteiger partial charge in [0, 0.05) is 5.56 Å². The van der Waals surface area contributed by atoms with Crippen molar-refractivity contribution in [3.63, 3.8) is 0 Å². The number of aliphatic hydroxyl groups is 2. The van der Waals surface area contributed by atoms with E-state index in [9.17, 15) is 0 Å². The molecule has 52 valence electrons. The van der Waals surface area contributed by atoms with Crippen LogP contribution >= 0.6 is 0 Å². The average molecular weight is 136 g/mol. The van der Waals surface area contributed by atoms with Gasteiger partial charge >= 0.3 is 0 Å². The molecule has 1 aromatic carbocycles. The van der Waals surface area contributed by atoms with Gasteiger partial charge in [-0.25, -0.2) is 0 Å². The van der Waals surface area contributed by atoms with Gasteiger partial charge in [-0.05, 0) is 0 Å². The van der Waals surface area contributed by atoms with Gasteiger partial charge < -0.3 is 10.2 Å². The summed E-state index contributed by atoms with van der Waals surface area (Å²) in [5.74, 6) is -0.111. The van der Waals surface area contributed by atoms with Crippen molar-refractivity contribution in [2.45, 2.75) is 0 Å². The van der Waals surface area contributed by atoms with Gasteiger partial charge in [0.25, 0.3) is 0 Å². The first-order valence-electron chi connectivity index (χ1n) is 2.93. The zero-order valence-corrected chi connectivity index (χ0v) is 5.36. The van der Waals surface area contributed by atoms with Crippen molar-refractivity contribution in [3.8, 4) is 0 Å². The fraction of sp³-hybridized carbons (Fsp3) is 0. The van der Waals surface area contributed by atoms with Gasteiger partial charge in [-0.15, -0.1) is 0 Å². The Kier molecular flexibility index (Phi) is 1.95. The molecule has 0 fully saturated rings. The second-order valence-electron chi connectivity index (χ2n) is 1.88. The van der Waals surface area contributed by atoms with Crippen LogP contribution in [0.3, 0.4) is 0 Å². The Morgan fingerprint density at radius 1 is 1.20 bits per heavy atom. The highest BCUT2D eigenvalue weighted by Gasteiger charge is 1.93. The van der Waals surface area contributed by atoms with Crippen molar-refractivity contribution in [2.24, 2.45) is 0 Å². The highest BCUT2D eigenvalue weighted by molar-refractivity contribution is 5.56. The number of hydrogen-bond acceptors (Lipinski definition) is 2. The molecule has 1 rings (SSSR count). The molecular formula is C8H8O2. The lowest BCUT2D eigenvalue weighted by atomic mass is 10.2. The second kappa shape index (κ2) is 2.92. The Morgan fingerprint density at radius 2 is 1.80 bits per heavy atom. The molecule has 2 N–H and O–H groups in total. The van der Waals surface area contributed by atoms with Gasteiger partial charge in [0.1, 0.15) is 6.26 Å². The van der Waals surface area contributed by atoms with Crippen molar-refractivity contribution in [3.05, 3.63) is 42.2 Å². The van der Waals surface area contributed by atoms with Crippen LogP contribution in [0.15, 0.2) is 36.6 Å². The molecule has 0 heterocycles. The zero-order valence-electron chi connectivity index (χ0n) is 5.36. The van der Waals surface area contributed by atoms with E-state index in [0.717, 1.165) is 0 Å². The number of aliphatic hydroxyl groups excluding tert-OH is 2. The van der Waals surface area contributed by atoms with E-state index in [1.165, 1.54) is 0 Å². The Balaban J connectivity index is 2.96. The summed E-state index contributed by atoms with van der Waals surface area (Å²) in [6.45, 7) is 0. The summed E-state index contributed by atoms with van der Waals surface area (Å²) in [5, 5.41) is 17.3. The van der Waals surface area contributed by atoms with Crippen molar-refractivity contribution in [1.29, 1.82) is 0 Å². The third-order valence-electron chi connectivity index (χ3n) is 1.19. The smallest absolute Gasteiger partial charge is 0.157 e. The standard InChI is InChI=1S/C8H8O2/c9-6-8(10)7-4-2-1-3-5-7/h1-6,9-10H/b8-6-. The number of hydrogen-bond donors (Lipinski definition) is 2. The van der Waals surface area contributed by atoms with Crippen LogP contribution in [0.5, 0.6) is 0 Å². The van der Waals surface area contributed by atoms with E-state index in [1.807, 2.05) is 6.07 Å². The first kappa shape index (κ1) is 6.68. The van der Waals surface area contributed by atoms with Gasteiger partial charge in [-0.3, -0.25) is 0 Å². The third kappa shape index (κ3) is 1.29. The van der Waals surface area contributed by atoms with Crippen molar-refractivity contribution >= 4 is 5.76 Å². The lowest BCUT2D eigenvalue weighted by molar-refractivity contribution is 0.431. The van der Waals surface area contributed by atoms with Crippen LogP contribution in [-0.4, -0.2) is 10.2 Å². The van der Waals surface area contributed by atoms with Crippen molar-refractivity contribution < 1.29 is 10.2 Å². The Morgan fingerprint density at radius 3 is 2.30 bits per heavy atom. The summed E-state index contributed by atoms with van der Waals surface area (Å²) in [4.78, 5) is 0. The minimum atomic E-state index is -0.111. The Labute approximate surface area is 59.1 Å². The van der Waals surface area contributed by atoms with E-state index in [4.69, 9.17) is 10.2 Å². The summed E-state index contributed by atoms with van der Waals surface area (Å²) in [6, 6.07) is 8.84. The highest BCUT2D eigenvalue weighted by Crippen LogP contribution is 2.07. The summed E-state index contributed by atoms with van der Waals surface area (Å²) in [7, 11) is 0. The van der Waals surface area contributed by atoms with Gasteiger partial charge in [0.15, 0.2) is 5.76 Å². The topological polar surface area (TPSA) is 40.5 Å². The third-order valence-corrected chi connectivity index (χ3v) is 1.19. The fourth-order valence-electron chi connectivity index (χ4n) is 0.683. The van der Waals surface area contributed by atoms with Crippen LogP contribution in [0.4, 0.5) is 0 Å². The largest absolute Gasteiger partial charge is 0.512 e. The minimum Gasteiger partial charge on any atom is -0.512 e. The fourth-order valence-corrected chi connectivity index (χ4v) is 0.683. The predicted octanol–water partition coefficient (Wildman–Crippen LogP) is 2.10. The Bertz CT molecular complexity index is 226. The van der Waals surface area contributed by atoms with Gasteiger partial charge in [-0.1, -0.05) is 30.3 Å². The van der Waals surface area contributed by atoms with Crippen LogP contribution < -0.4 is 0 Å². The zero-order chi connectivity index (χ0) is 7.40. The van der Waals surface area contributed by atoms with E-state index in [0.29, 0.717) is 11.8 Å². The molecule has 2 heteroatoms. The molecule has 10 heavy (non-hydrogen) atoms. The molecule has 0 aromatic heterocycles. The molecule has 0 aliphatic heterocycles. The number of benzene rings is 1. The van der Waals surface area contributed by atoms with Crippen LogP contribution in [0.25, 0.3) is 5.76 Å². The summed E-state index contributed by atoms with van der Waals surface area (Å²) >= 11 is 0. The summed E-state index contributed by atoms with van der Waals surface area (Å²) in [6.07, 6.45) is 0.676. The monoisotopic (exact) mass is 136 g/mol. The average Bonchev–Trinajstić information content (AvgIpc) is 2.05. The van der Waals surface area contributed by atoms with Gasteiger partial charge in [0.05, 0.1) is 0 Å². The molecule has 0 aliphatic carbocycles. The predicted molar refractivity (Wildman–Crippen MR) is 39.7 cm³/mol. The van der Waals surface area contributed by atoms with E-state index in [1.54, 1.807) is 24.3 Å². The molecule has 1 aromatic rings. The van der Waals surface area contributed by atoms with Crippen LogP contribution in [0.2, 0.25) is 0 Å². The van der Waals surface area contributed by atoms with Gasteiger partial charge in [-0.2, -0.15) is 0 Å². The maximum Gasteiger partial charge on any atom is 0.157 e. The molecule has 0 radical (unpaired) electrons. The van der Waals surface area contributed by atoms with Crippen LogP contribution in [0, 0.1) is 0 Å². The molecule has 0 bridgehead atoms. The second-order valence-corrected chi connectivity index (χ2v) is 1.88. The van der Waals surface area contributed by atoms with Crippen molar-refractivity contribution in [1.82, 2.24) is 0 Å². The maximum atomic E-state index is 8.94. The first-order chi connectivity index (χ1) is 4.84. The lowest BCUT2D eigenvalue weighted by Crippen LogP contribution is -1.79. The number of rotatable bonds is 1. The molecule has 0 atom stereocenters. The molecule has 0 aliphatic rings. The highest BCUT2D eigenvalue weighted by atomic mass is 16.3. The summed E-state index contributed by atoms with van der Waals surface area (Å²) in [5.41, 5.74) is 0.616. The van der Waals surface area contributed by atoms with E-state index >= 15 is 0 Å². The maximum absolute atomic E-state index is 8.94. The molecule has 2 nitrogen and oxygen atoms in total. The van der Waals surface area contributed by atoms with Crippen LogP contribution in [0.1, 0.15) is 5.56 Å². The summed E-state index contributed by atoms with van der Waals surface area (Å²) < 4.78 is 0. The molecule has 0 amide bonds. The molecular weight excluding hydrogens is 128 g/mol. The molecule has 0 saturated heterocycles. The Hall–Kier alpha value is -1.44. The first-order valence-corrected chi connectivity index (χ1v) is 2.93. The normalized spacial score (nSPS) is 11.4. The lowest BCUT2D eigenvalue weighted by Gasteiger charge is -1.94. The van der Waals surface area contributed by atoms with E-state index < -0.39 is 0 Å². The molecule has 0 spiro atoms. The molecule has 0 unspecified atom stereocenters.